The summed E-state index contributed by atoms with van der Waals surface area (Å²) in [5.74, 6) is -1.34. The average molecular weight is 357 g/mol. The normalized spacial score (nSPS) is 12.1. The van der Waals surface area contributed by atoms with Crippen LogP contribution >= 0.6 is 0 Å². The monoisotopic (exact) mass is 357 g/mol. The molecule has 2 N–H and O–H groups in total. The number of aliphatic carboxylic acids is 1. The summed E-state index contributed by atoms with van der Waals surface area (Å²) in [5.41, 5.74) is 2.33. The molecule has 0 fully saturated rings. The van der Waals surface area contributed by atoms with Gasteiger partial charge in [0.05, 0.1) is 6.57 Å². The maximum absolute atomic E-state index is 13.0. The van der Waals surface area contributed by atoms with Gasteiger partial charge in [0.25, 0.3) is 0 Å². The van der Waals surface area contributed by atoms with Gasteiger partial charge < -0.3 is 14.8 Å². The van der Waals surface area contributed by atoms with Gasteiger partial charge in [0.15, 0.2) is 5.78 Å². The van der Waals surface area contributed by atoms with Gasteiger partial charge in [-0.25, -0.2) is 9.83 Å². The molecule has 0 aliphatic heterocycles. The number of carbonyl (C=O) groups is 2. The van der Waals surface area contributed by atoms with Gasteiger partial charge >= 0.3 is 5.97 Å². The maximum atomic E-state index is 13.0. The van der Waals surface area contributed by atoms with E-state index in [0.29, 0.717) is 35.1 Å². The van der Waals surface area contributed by atoms with E-state index in [0.717, 1.165) is 12.1 Å². The van der Waals surface area contributed by atoms with Crippen LogP contribution in [0.15, 0.2) is 12.3 Å². The molecule has 7 heteroatoms. The SMILES string of the molecule is [C-]#[N+]c1cnc2c(c1)c(C(=O)CC(C)CC(=O)O)c(CCCCO)n2C. The molecule has 1 unspecified atom stereocenters. The molecule has 0 spiro atoms. The van der Waals surface area contributed by atoms with Crippen molar-refractivity contribution in [3.63, 3.8) is 0 Å². The van der Waals surface area contributed by atoms with Crippen LogP contribution in [0.4, 0.5) is 5.69 Å². The van der Waals surface area contributed by atoms with Gasteiger partial charge in [-0.05, 0) is 31.2 Å². The van der Waals surface area contributed by atoms with Crippen LogP contribution < -0.4 is 0 Å². The Bertz CT molecular complexity index is 864. The van der Waals surface area contributed by atoms with E-state index in [1.54, 1.807) is 13.0 Å². The van der Waals surface area contributed by atoms with Crippen molar-refractivity contribution in [2.24, 2.45) is 13.0 Å². The second kappa shape index (κ2) is 8.59. The molecule has 1 atom stereocenters. The lowest BCUT2D eigenvalue weighted by Gasteiger charge is -2.10. The number of carboxylic acids is 1. The first-order valence-corrected chi connectivity index (χ1v) is 8.59. The Morgan fingerprint density at radius 3 is 2.69 bits per heavy atom. The Balaban J connectivity index is 2.48. The van der Waals surface area contributed by atoms with Crippen molar-refractivity contribution in [1.82, 2.24) is 9.55 Å². The van der Waals surface area contributed by atoms with Crippen molar-refractivity contribution in [3.8, 4) is 0 Å². The van der Waals surface area contributed by atoms with E-state index in [1.807, 2.05) is 11.6 Å². The third-order valence-corrected chi connectivity index (χ3v) is 4.42. The van der Waals surface area contributed by atoms with Gasteiger partial charge in [0, 0.05) is 49.3 Å². The van der Waals surface area contributed by atoms with Crippen LogP contribution in [0, 0.1) is 12.5 Å². The molecule has 0 amide bonds. The fourth-order valence-electron chi connectivity index (χ4n) is 3.21. The van der Waals surface area contributed by atoms with Crippen LogP contribution in [-0.4, -0.2) is 38.1 Å². The molecule has 0 aliphatic rings. The van der Waals surface area contributed by atoms with Crippen LogP contribution in [-0.2, 0) is 18.3 Å². The number of carboxylic acid groups (broad SMARTS) is 1. The van der Waals surface area contributed by atoms with Gasteiger partial charge in [-0.15, -0.1) is 0 Å². The van der Waals surface area contributed by atoms with E-state index >= 15 is 0 Å². The lowest BCUT2D eigenvalue weighted by Crippen LogP contribution is -2.12. The van der Waals surface area contributed by atoms with E-state index in [-0.39, 0.29) is 31.1 Å². The largest absolute Gasteiger partial charge is 0.481 e. The smallest absolute Gasteiger partial charge is 0.303 e. The molecule has 0 radical (unpaired) electrons. The number of carbonyl (C=O) groups excluding carboxylic acids is 1. The Morgan fingerprint density at radius 1 is 1.35 bits per heavy atom. The second-order valence-electron chi connectivity index (χ2n) is 6.57. The molecule has 0 bridgehead atoms. The number of aliphatic hydroxyl groups is 1. The molecule has 2 rings (SSSR count). The summed E-state index contributed by atoms with van der Waals surface area (Å²) in [6.07, 6.45) is 3.50. The number of ketones is 1. The first-order chi connectivity index (χ1) is 12.4. The van der Waals surface area contributed by atoms with E-state index in [2.05, 4.69) is 9.83 Å². The average Bonchev–Trinajstić information content (AvgIpc) is 2.86. The van der Waals surface area contributed by atoms with E-state index in [4.69, 9.17) is 16.8 Å². The number of nitrogens with zero attached hydrogens (tertiary/aromatic N) is 3. The summed E-state index contributed by atoms with van der Waals surface area (Å²) >= 11 is 0. The number of Topliss-reactive ketones (excluding diaryl/α,β-unsaturated/α-hetero) is 1. The van der Waals surface area contributed by atoms with E-state index in [9.17, 15) is 9.59 Å². The fraction of sp³-hybridized carbons (Fsp3) is 0.474. The highest BCUT2D eigenvalue weighted by atomic mass is 16.4. The van der Waals surface area contributed by atoms with Crippen LogP contribution in [0.3, 0.4) is 0 Å². The van der Waals surface area contributed by atoms with E-state index in [1.165, 1.54) is 6.20 Å². The predicted molar refractivity (Wildman–Crippen MR) is 97.4 cm³/mol. The van der Waals surface area contributed by atoms with Crippen molar-refractivity contribution in [2.75, 3.05) is 6.61 Å². The van der Waals surface area contributed by atoms with Gasteiger partial charge in [0.2, 0.25) is 5.69 Å². The summed E-state index contributed by atoms with van der Waals surface area (Å²) in [4.78, 5) is 31.6. The summed E-state index contributed by atoms with van der Waals surface area (Å²) in [6, 6.07) is 1.67. The number of pyridine rings is 1. The zero-order valence-electron chi connectivity index (χ0n) is 15.0. The highest BCUT2D eigenvalue weighted by Gasteiger charge is 2.23. The van der Waals surface area contributed by atoms with Crippen LogP contribution in [0.5, 0.6) is 0 Å². The first kappa shape index (κ1) is 19.6. The molecule has 0 saturated heterocycles. The minimum atomic E-state index is -0.927. The van der Waals surface area contributed by atoms with Crippen LogP contribution in [0.25, 0.3) is 15.9 Å². The first-order valence-electron chi connectivity index (χ1n) is 8.59. The number of aliphatic hydroxyl groups excluding tert-OH is 1. The van der Waals surface area contributed by atoms with Crippen molar-refractivity contribution < 1.29 is 19.8 Å². The van der Waals surface area contributed by atoms with Crippen LogP contribution in [0.2, 0.25) is 0 Å². The predicted octanol–water partition coefficient (Wildman–Crippen LogP) is 3.12. The summed E-state index contributed by atoms with van der Waals surface area (Å²) in [7, 11) is 1.83. The number of fused-ring (bicyclic) bond motifs is 1. The number of hydrogen-bond acceptors (Lipinski definition) is 4. The van der Waals surface area contributed by atoms with Gasteiger partial charge in [-0.1, -0.05) is 6.92 Å². The zero-order chi connectivity index (χ0) is 19.3. The molecule has 2 aromatic rings. The van der Waals surface area contributed by atoms with Gasteiger partial charge in [-0.3, -0.25) is 9.59 Å². The van der Waals surface area contributed by atoms with Crippen molar-refractivity contribution >= 4 is 28.5 Å². The Hall–Kier alpha value is -2.72. The standard InChI is InChI=1S/C19H23N3O4/c1-12(9-17(25)26)8-16(24)18-14-10-13(20-2)11-21-19(14)22(3)15(18)6-4-5-7-23/h10-12,23H,4-9H2,1,3H3,(H,25,26). The zero-order valence-corrected chi connectivity index (χ0v) is 15.0. The van der Waals surface area contributed by atoms with E-state index < -0.39 is 5.97 Å². The number of rotatable bonds is 9. The molecule has 0 aliphatic carbocycles. The Morgan fingerprint density at radius 2 is 2.08 bits per heavy atom. The lowest BCUT2D eigenvalue weighted by atomic mass is 9.94. The molecule has 2 aromatic heterocycles. The van der Waals surface area contributed by atoms with Crippen molar-refractivity contribution in [3.05, 3.63) is 34.9 Å². The van der Waals surface area contributed by atoms with Crippen molar-refractivity contribution in [1.29, 1.82) is 0 Å². The summed E-state index contributed by atoms with van der Waals surface area (Å²) < 4.78 is 1.86. The molecular weight excluding hydrogens is 334 g/mol. The number of aryl methyl sites for hydroxylation is 1. The van der Waals surface area contributed by atoms with Crippen molar-refractivity contribution in [2.45, 2.75) is 39.0 Å². The van der Waals surface area contributed by atoms with Gasteiger partial charge in [-0.2, -0.15) is 0 Å². The third-order valence-electron chi connectivity index (χ3n) is 4.42. The molecule has 26 heavy (non-hydrogen) atoms. The lowest BCUT2D eigenvalue weighted by molar-refractivity contribution is -0.137. The quantitative estimate of drug-likeness (QED) is 0.408. The second-order valence-corrected chi connectivity index (χ2v) is 6.57. The summed E-state index contributed by atoms with van der Waals surface area (Å²) in [6.45, 7) is 9.01. The molecule has 7 nitrogen and oxygen atoms in total. The number of hydrogen-bond donors (Lipinski definition) is 2. The fourth-order valence-corrected chi connectivity index (χ4v) is 3.21. The number of aromatic nitrogens is 2. The topological polar surface area (TPSA) is 96.8 Å². The minimum Gasteiger partial charge on any atom is -0.481 e. The highest BCUT2D eigenvalue weighted by Crippen LogP contribution is 2.30. The van der Waals surface area contributed by atoms with Crippen LogP contribution in [0.1, 0.15) is 48.7 Å². The van der Waals surface area contributed by atoms with Gasteiger partial charge in [0.1, 0.15) is 5.65 Å². The summed E-state index contributed by atoms with van der Waals surface area (Å²) in [5, 5.41) is 18.6. The maximum Gasteiger partial charge on any atom is 0.303 e. The third kappa shape index (κ3) is 4.27. The molecule has 0 saturated carbocycles. The number of unbranched alkanes of at least 4 members (excludes halogenated alkanes) is 1. The Labute approximate surface area is 152 Å². The molecule has 138 valence electrons. The minimum absolute atomic E-state index is 0.0676. The Kier molecular flexibility index (Phi) is 6.47. The highest BCUT2D eigenvalue weighted by molar-refractivity contribution is 6.09. The molecule has 2 heterocycles. The molecule has 0 aromatic carbocycles. The molecular formula is C19H23N3O4.